The van der Waals surface area contributed by atoms with Crippen LogP contribution in [0.4, 0.5) is 23.5 Å². The quantitative estimate of drug-likeness (QED) is 0.686. The van der Waals surface area contributed by atoms with Crippen LogP contribution >= 0.6 is 0 Å². The number of sulfonamides is 1. The monoisotopic (exact) mass is 462 g/mol. The van der Waals surface area contributed by atoms with Gasteiger partial charge >= 0.3 is 0 Å². The molecule has 1 aliphatic heterocycles. The van der Waals surface area contributed by atoms with Crippen molar-refractivity contribution >= 4 is 21.5 Å². The summed E-state index contributed by atoms with van der Waals surface area (Å²) in [6.45, 7) is 0.512. The largest absolute Gasteiger partial charge is 0.367 e. The molecule has 8 nitrogen and oxygen atoms in total. The van der Waals surface area contributed by atoms with Gasteiger partial charge in [-0.1, -0.05) is 0 Å². The lowest BCUT2D eigenvalue weighted by molar-refractivity contribution is 0.00761. The summed E-state index contributed by atoms with van der Waals surface area (Å²) in [5.41, 5.74) is 5.32. The number of hydrogen-bond acceptors (Lipinski definition) is 6. The number of anilines is 1. The molecule has 2 aliphatic rings. The van der Waals surface area contributed by atoms with Crippen molar-refractivity contribution < 1.29 is 26.0 Å². The van der Waals surface area contributed by atoms with Crippen LogP contribution in [-0.4, -0.2) is 58.8 Å². The van der Waals surface area contributed by atoms with Crippen LogP contribution in [-0.2, 0) is 10.0 Å². The summed E-state index contributed by atoms with van der Waals surface area (Å²) in [7, 11) is -3.17. The van der Waals surface area contributed by atoms with Crippen LogP contribution in [0.25, 0.3) is 5.52 Å². The van der Waals surface area contributed by atoms with Gasteiger partial charge in [0.2, 0.25) is 21.9 Å². The minimum atomic E-state index is -3.17. The van der Waals surface area contributed by atoms with Crippen LogP contribution in [0.2, 0.25) is 0 Å². The Morgan fingerprint density at radius 3 is 2.58 bits per heavy atom. The van der Waals surface area contributed by atoms with E-state index in [4.69, 9.17) is 11.0 Å². The number of piperidine rings is 1. The van der Waals surface area contributed by atoms with E-state index in [-0.39, 0.29) is 42.1 Å². The van der Waals surface area contributed by atoms with E-state index in [1.807, 2.05) is 0 Å². The molecule has 0 bridgehead atoms. The number of hydrogen-bond donors (Lipinski definition) is 1. The number of halogens is 4. The van der Waals surface area contributed by atoms with Crippen LogP contribution in [0.3, 0.4) is 0 Å². The lowest BCUT2D eigenvalue weighted by atomic mass is 10.0. The van der Waals surface area contributed by atoms with Gasteiger partial charge in [-0.3, -0.25) is 0 Å². The van der Waals surface area contributed by atoms with Crippen molar-refractivity contribution in [3.8, 4) is 6.07 Å². The smallest absolute Gasteiger partial charge is 0.248 e. The zero-order chi connectivity index (χ0) is 23.0. The van der Waals surface area contributed by atoms with E-state index in [1.165, 1.54) is 4.31 Å². The fraction of sp³-hybridized carbons (Fsp3) is 0.611. The lowest BCUT2D eigenvalue weighted by Crippen LogP contribution is -2.39. The maximum absolute atomic E-state index is 14.1. The summed E-state index contributed by atoms with van der Waals surface area (Å²) in [4.78, 5) is 3.66. The van der Waals surface area contributed by atoms with E-state index in [2.05, 4.69) is 10.1 Å². The van der Waals surface area contributed by atoms with E-state index < -0.39 is 40.3 Å². The van der Waals surface area contributed by atoms with Gasteiger partial charge in [-0.05, 0) is 19.3 Å². The second-order valence-electron chi connectivity index (χ2n) is 7.76. The third-order valence-electron chi connectivity index (χ3n) is 5.38. The van der Waals surface area contributed by atoms with Crippen LogP contribution in [0.1, 0.15) is 49.3 Å². The number of nitrogen functional groups attached to an aromatic ring is 1. The average Bonchev–Trinajstić information content (AvgIpc) is 3.17. The van der Waals surface area contributed by atoms with Crippen LogP contribution in [0.5, 0.6) is 0 Å². The van der Waals surface area contributed by atoms with Gasteiger partial charge in [-0.2, -0.15) is 9.57 Å². The number of fused-ring (bicyclic) bond motifs is 1. The van der Waals surface area contributed by atoms with E-state index in [0.29, 0.717) is 19.4 Å². The van der Waals surface area contributed by atoms with Gasteiger partial charge in [0.1, 0.15) is 23.3 Å². The molecule has 4 rings (SSSR count). The first-order chi connectivity index (χ1) is 14.4. The highest BCUT2D eigenvalue weighted by molar-refractivity contribution is 7.88. The van der Waals surface area contributed by atoms with Crippen molar-refractivity contribution in [1.82, 2.24) is 18.9 Å². The average molecular weight is 462 g/mol. The van der Waals surface area contributed by atoms with Gasteiger partial charge in [-0.25, -0.2) is 35.5 Å². The van der Waals surface area contributed by atoms with Gasteiger partial charge < -0.3 is 5.73 Å². The molecule has 1 saturated carbocycles. The number of rotatable bonds is 2. The highest BCUT2D eigenvalue weighted by Gasteiger charge is 2.42. The molecule has 1 aliphatic carbocycles. The second-order valence-corrected chi connectivity index (χ2v) is 9.74. The maximum atomic E-state index is 14.1. The molecule has 2 aromatic rings. The molecule has 0 amide bonds. The van der Waals surface area contributed by atoms with Crippen LogP contribution < -0.4 is 5.73 Å². The molecule has 13 heteroatoms. The summed E-state index contributed by atoms with van der Waals surface area (Å²) >= 11 is 0. The third-order valence-corrected chi connectivity index (χ3v) is 6.65. The molecule has 0 aromatic carbocycles. The minimum Gasteiger partial charge on any atom is -0.367 e. The Labute approximate surface area is 176 Å². The fourth-order valence-electron chi connectivity index (χ4n) is 3.90. The second kappa shape index (κ2) is 8.58. The maximum Gasteiger partial charge on any atom is 0.248 e. The molecule has 3 heterocycles. The Bertz CT molecular complexity index is 1110. The highest BCUT2D eigenvalue weighted by Crippen LogP contribution is 2.45. The van der Waals surface area contributed by atoms with E-state index in [0.717, 1.165) is 17.0 Å². The number of aromatic nitrogens is 3. The molecule has 2 aromatic heterocycles. The van der Waals surface area contributed by atoms with Crippen LogP contribution in [0.15, 0.2) is 6.20 Å². The van der Waals surface area contributed by atoms with E-state index in [1.54, 1.807) is 6.07 Å². The van der Waals surface area contributed by atoms with Crippen molar-refractivity contribution in [3.63, 3.8) is 0 Å². The summed E-state index contributed by atoms with van der Waals surface area (Å²) in [5.74, 6) is -4.32. The zero-order valence-electron chi connectivity index (χ0n) is 16.7. The Morgan fingerprint density at radius 1 is 1.35 bits per heavy atom. The first kappa shape index (κ1) is 23.2. The lowest BCUT2D eigenvalue weighted by Gasteiger charge is -2.26. The molecule has 31 heavy (non-hydrogen) atoms. The van der Waals surface area contributed by atoms with Crippen LogP contribution in [0, 0.1) is 17.1 Å². The Kier molecular flexibility index (Phi) is 6.43. The first-order valence-electron chi connectivity index (χ1n) is 9.62. The number of nitriles is 1. The Morgan fingerprint density at radius 2 is 2.06 bits per heavy atom. The van der Waals surface area contributed by atoms with Crippen molar-refractivity contribution in [2.45, 2.75) is 50.1 Å². The molecule has 170 valence electrons. The number of nitrogens with two attached hydrogens (primary N) is 1. The van der Waals surface area contributed by atoms with Gasteiger partial charge in [0.25, 0.3) is 0 Å². The standard InChI is InChI=1S/C12H10F3N5.C6H12FNO2S/c13-9-7(4-16)10(6-1-2-12(14,15)3-6)20-8(9)5-18-11(17)19-20;1-11(9,10)8-4-2-3-6(7)5-8/h5-6H,1-3H2,(H2,17,19);6H,2-5H2,1H3. The van der Waals surface area contributed by atoms with Crippen molar-refractivity contribution in [3.05, 3.63) is 23.3 Å². The van der Waals surface area contributed by atoms with Gasteiger partial charge in [0.15, 0.2) is 5.82 Å². The van der Waals surface area contributed by atoms with E-state index >= 15 is 0 Å². The van der Waals surface area contributed by atoms with Crippen molar-refractivity contribution in [2.24, 2.45) is 0 Å². The third kappa shape index (κ3) is 5.07. The summed E-state index contributed by atoms with van der Waals surface area (Å²) in [6, 6.07) is 1.73. The molecule has 1 saturated heterocycles. The van der Waals surface area contributed by atoms with Gasteiger partial charge in [0, 0.05) is 31.8 Å². The molecule has 0 radical (unpaired) electrons. The molecule has 2 fully saturated rings. The SMILES string of the molecule is CS(=O)(=O)N1CCCC(F)C1.N#Cc1c(F)c2cnc(N)nn2c1C1CCC(F)(F)C1. The molecular formula is C18H22F4N6O2S. The number of alkyl halides is 3. The molecule has 2 N–H and O–H groups in total. The Balaban J connectivity index is 0.000000210. The molecular weight excluding hydrogens is 440 g/mol. The summed E-state index contributed by atoms with van der Waals surface area (Å²) in [6.07, 6.45) is 1.89. The number of nitrogens with zero attached hydrogens (tertiary/aromatic N) is 5. The fourth-order valence-corrected chi connectivity index (χ4v) is 4.80. The highest BCUT2D eigenvalue weighted by atomic mass is 32.2. The van der Waals surface area contributed by atoms with Crippen molar-refractivity contribution in [1.29, 1.82) is 5.26 Å². The zero-order valence-corrected chi connectivity index (χ0v) is 17.5. The Hall–Kier alpha value is -2.46. The van der Waals surface area contributed by atoms with E-state index in [9.17, 15) is 26.0 Å². The predicted octanol–water partition coefficient (Wildman–Crippen LogP) is 2.60. The van der Waals surface area contributed by atoms with Gasteiger partial charge in [0.05, 0.1) is 18.1 Å². The molecule has 0 spiro atoms. The predicted molar refractivity (Wildman–Crippen MR) is 104 cm³/mol. The molecule has 2 unspecified atom stereocenters. The van der Waals surface area contributed by atoms with Gasteiger partial charge in [-0.15, -0.1) is 5.10 Å². The summed E-state index contributed by atoms with van der Waals surface area (Å²) < 4.78 is 77.6. The van der Waals surface area contributed by atoms with Crippen molar-refractivity contribution in [2.75, 3.05) is 25.1 Å². The first-order valence-corrected chi connectivity index (χ1v) is 11.5. The normalized spacial score (nSPS) is 23.9. The minimum absolute atomic E-state index is 0.0269. The topological polar surface area (TPSA) is 117 Å². The summed E-state index contributed by atoms with van der Waals surface area (Å²) in [5, 5.41) is 12.9. The molecule has 2 atom stereocenters.